The van der Waals surface area contributed by atoms with Crippen molar-refractivity contribution in [2.45, 2.75) is 32.1 Å². The van der Waals surface area contributed by atoms with E-state index >= 15 is 0 Å². The summed E-state index contributed by atoms with van der Waals surface area (Å²) in [6.45, 7) is 3.16. The van der Waals surface area contributed by atoms with Gasteiger partial charge in [0.2, 0.25) is 0 Å². The molecule has 1 saturated heterocycles. The lowest BCUT2D eigenvalue weighted by molar-refractivity contribution is 0.0939. The van der Waals surface area contributed by atoms with Gasteiger partial charge in [-0.05, 0) is 19.4 Å². The van der Waals surface area contributed by atoms with E-state index in [1.54, 1.807) is 12.3 Å². The molecule has 0 radical (unpaired) electrons. The molecule has 2 aromatic heterocycles. The first-order chi connectivity index (χ1) is 10.6. The summed E-state index contributed by atoms with van der Waals surface area (Å²) in [5.74, 6) is 0.528. The maximum Gasteiger partial charge on any atom is 0.254 e. The molecule has 1 aliphatic heterocycles. The van der Waals surface area contributed by atoms with E-state index in [1.165, 1.54) is 12.5 Å². The quantitative estimate of drug-likeness (QED) is 0.913. The third-order valence-corrected chi connectivity index (χ3v) is 3.98. The molecule has 0 bridgehead atoms. The zero-order chi connectivity index (χ0) is 15.5. The molecule has 1 fully saturated rings. The van der Waals surface area contributed by atoms with Crippen molar-refractivity contribution in [2.75, 3.05) is 13.1 Å². The molecule has 1 N–H and O–H groups in total. The van der Waals surface area contributed by atoms with E-state index < -0.39 is 6.17 Å². The van der Waals surface area contributed by atoms with Crippen molar-refractivity contribution >= 4 is 5.91 Å². The highest BCUT2D eigenvalue weighted by Gasteiger charge is 2.32. The number of halogens is 1. The largest absolute Gasteiger partial charge is 0.472 e. The van der Waals surface area contributed by atoms with E-state index in [0.29, 0.717) is 31.6 Å². The van der Waals surface area contributed by atoms with Crippen LogP contribution in [0, 0.1) is 6.92 Å². The normalized spacial score (nSPS) is 22.1. The molecule has 0 saturated carbocycles. The molecule has 0 aromatic carbocycles. The molecule has 6 nitrogen and oxygen atoms in total. The second-order valence-corrected chi connectivity index (χ2v) is 5.55. The minimum Gasteiger partial charge on any atom is -0.472 e. The number of amides is 1. The average Bonchev–Trinajstić information content (AvgIpc) is 3.20. The van der Waals surface area contributed by atoms with Gasteiger partial charge in [-0.2, -0.15) is 0 Å². The Bertz CT molecular complexity index is 626. The first-order valence-electron chi connectivity index (χ1n) is 7.22. The van der Waals surface area contributed by atoms with Crippen LogP contribution in [0.5, 0.6) is 0 Å². The molecular formula is C15H18FN3O3. The van der Waals surface area contributed by atoms with Gasteiger partial charge in [-0.1, -0.05) is 5.16 Å². The Morgan fingerprint density at radius 1 is 1.59 bits per heavy atom. The van der Waals surface area contributed by atoms with Crippen molar-refractivity contribution in [1.82, 2.24) is 15.4 Å². The maximum atomic E-state index is 13.7. The van der Waals surface area contributed by atoms with E-state index in [9.17, 15) is 9.18 Å². The number of aryl methyl sites for hydroxylation is 1. The molecule has 0 aliphatic carbocycles. The maximum absolute atomic E-state index is 13.7. The second-order valence-electron chi connectivity index (χ2n) is 5.55. The van der Waals surface area contributed by atoms with Crippen molar-refractivity contribution in [3.05, 3.63) is 41.7 Å². The monoisotopic (exact) mass is 307 g/mol. The molecule has 0 spiro atoms. The minimum absolute atomic E-state index is 0.0415. The van der Waals surface area contributed by atoms with Gasteiger partial charge < -0.3 is 14.3 Å². The van der Waals surface area contributed by atoms with Gasteiger partial charge in [0.1, 0.15) is 18.2 Å². The topological polar surface area (TPSA) is 71.5 Å². The molecule has 2 atom stereocenters. The summed E-state index contributed by atoms with van der Waals surface area (Å²) in [5, 5.41) is 6.57. The number of rotatable bonds is 5. The predicted molar refractivity (Wildman–Crippen MR) is 76.0 cm³/mol. The Morgan fingerprint density at radius 3 is 3.14 bits per heavy atom. The number of carbonyl (C=O) groups excluding carboxylic acids is 1. The Morgan fingerprint density at radius 2 is 2.45 bits per heavy atom. The highest BCUT2D eigenvalue weighted by Crippen LogP contribution is 2.23. The van der Waals surface area contributed by atoms with Crippen LogP contribution < -0.4 is 5.32 Å². The molecular weight excluding hydrogens is 289 g/mol. The molecule has 3 heterocycles. The summed E-state index contributed by atoms with van der Waals surface area (Å²) in [6, 6.07) is 1.56. The van der Waals surface area contributed by atoms with Crippen LogP contribution in [0.1, 0.15) is 28.1 Å². The molecule has 22 heavy (non-hydrogen) atoms. The number of nitrogens with zero attached hydrogens (tertiary/aromatic N) is 2. The van der Waals surface area contributed by atoms with E-state index in [1.807, 2.05) is 11.8 Å². The van der Waals surface area contributed by atoms with Crippen LogP contribution in [-0.4, -0.2) is 41.3 Å². The number of alkyl halides is 1. The Balaban J connectivity index is 1.59. The molecule has 7 heteroatoms. The molecule has 2 aromatic rings. The molecule has 0 unspecified atom stereocenters. The van der Waals surface area contributed by atoms with Gasteiger partial charge in [-0.3, -0.25) is 9.69 Å². The summed E-state index contributed by atoms with van der Waals surface area (Å²) < 4.78 is 23.7. The van der Waals surface area contributed by atoms with Gasteiger partial charge in [0.05, 0.1) is 18.0 Å². The highest BCUT2D eigenvalue weighted by atomic mass is 19.1. The number of hydrogen-bond acceptors (Lipinski definition) is 5. The number of likely N-dealkylation sites (tertiary alicyclic amines) is 1. The van der Waals surface area contributed by atoms with Crippen LogP contribution in [0.4, 0.5) is 4.39 Å². The molecule has 1 aliphatic rings. The predicted octanol–water partition coefficient (Wildman–Crippen LogP) is 1.92. The van der Waals surface area contributed by atoms with E-state index in [2.05, 4.69) is 10.5 Å². The minimum atomic E-state index is -0.879. The number of nitrogens with one attached hydrogen (secondary N) is 1. The molecule has 3 rings (SSSR count). The first-order valence-corrected chi connectivity index (χ1v) is 7.22. The Labute approximate surface area is 127 Å². The van der Waals surface area contributed by atoms with Crippen LogP contribution in [-0.2, 0) is 6.54 Å². The summed E-state index contributed by atoms with van der Waals surface area (Å²) >= 11 is 0. The highest BCUT2D eigenvalue weighted by molar-refractivity contribution is 5.93. The van der Waals surface area contributed by atoms with Crippen molar-refractivity contribution in [3.63, 3.8) is 0 Å². The first kappa shape index (κ1) is 14.8. The van der Waals surface area contributed by atoms with Gasteiger partial charge in [0.25, 0.3) is 5.91 Å². The molecule has 118 valence electrons. The smallest absolute Gasteiger partial charge is 0.254 e. The molecule has 1 amide bonds. The van der Waals surface area contributed by atoms with E-state index in [-0.39, 0.29) is 11.9 Å². The van der Waals surface area contributed by atoms with Gasteiger partial charge in [-0.15, -0.1) is 0 Å². The number of hydrogen-bond donors (Lipinski definition) is 1. The summed E-state index contributed by atoms with van der Waals surface area (Å²) in [6.07, 6.45) is 4.03. The van der Waals surface area contributed by atoms with E-state index in [4.69, 9.17) is 8.94 Å². The fraction of sp³-hybridized carbons (Fsp3) is 0.467. The second kappa shape index (κ2) is 6.31. The van der Waals surface area contributed by atoms with Crippen LogP contribution in [0.15, 0.2) is 33.7 Å². The summed E-state index contributed by atoms with van der Waals surface area (Å²) in [4.78, 5) is 13.9. The number of carbonyl (C=O) groups is 1. The van der Waals surface area contributed by atoms with Gasteiger partial charge in [0, 0.05) is 31.2 Å². The lowest BCUT2D eigenvalue weighted by Gasteiger charge is -2.23. The number of furan rings is 1. The third-order valence-electron chi connectivity index (χ3n) is 3.98. The lowest BCUT2D eigenvalue weighted by Crippen LogP contribution is -2.39. The van der Waals surface area contributed by atoms with Crippen LogP contribution in [0.3, 0.4) is 0 Å². The van der Waals surface area contributed by atoms with Gasteiger partial charge in [0.15, 0.2) is 0 Å². The zero-order valence-corrected chi connectivity index (χ0v) is 12.3. The van der Waals surface area contributed by atoms with Crippen molar-refractivity contribution < 1.29 is 18.1 Å². The van der Waals surface area contributed by atoms with E-state index in [0.717, 1.165) is 11.3 Å². The van der Waals surface area contributed by atoms with Gasteiger partial charge >= 0.3 is 0 Å². The lowest BCUT2D eigenvalue weighted by atomic mass is 10.2. The zero-order valence-electron chi connectivity index (χ0n) is 12.3. The average molecular weight is 307 g/mol. The van der Waals surface area contributed by atoms with Crippen LogP contribution in [0.25, 0.3) is 0 Å². The van der Waals surface area contributed by atoms with Crippen molar-refractivity contribution in [2.24, 2.45) is 0 Å². The Kier molecular flexibility index (Phi) is 4.24. The van der Waals surface area contributed by atoms with Gasteiger partial charge in [-0.25, -0.2) is 4.39 Å². The summed E-state index contributed by atoms with van der Waals surface area (Å²) in [7, 11) is 0. The van der Waals surface area contributed by atoms with Crippen molar-refractivity contribution in [3.8, 4) is 0 Å². The number of aromatic nitrogens is 1. The van der Waals surface area contributed by atoms with Crippen molar-refractivity contribution in [1.29, 1.82) is 0 Å². The third kappa shape index (κ3) is 3.19. The summed E-state index contributed by atoms with van der Waals surface area (Å²) in [5.41, 5.74) is 1.41. The fourth-order valence-electron chi connectivity index (χ4n) is 2.72. The Hall–Kier alpha value is -2.15. The van der Waals surface area contributed by atoms with Crippen LogP contribution >= 0.6 is 0 Å². The standard InChI is InChI=1S/C15H18FN3O3/c1-10-12(5-18-22-10)7-19-8-13(16)4-14(19)6-17-15(20)11-2-3-21-9-11/h2-3,5,9,13-14H,4,6-8H2,1H3,(H,17,20)/t13-,14-/m0/s1. The van der Waals surface area contributed by atoms with Crippen LogP contribution in [0.2, 0.25) is 0 Å². The fourth-order valence-corrected chi connectivity index (χ4v) is 2.72. The SMILES string of the molecule is Cc1oncc1CN1C[C@@H](F)C[C@H]1CNC(=O)c1ccoc1.